The lowest BCUT2D eigenvalue weighted by molar-refractivity contribution is -0.135. The molecule has 1 aromatic heterocycles. The van der Waals surface area contributed by atoms with Crippen molar-refractivity contribution in [1.29, 1.82) is 0 Å². The first-order valence-electron chi connectivity index (χ1n) is 9.12. The van der Waals surface area contributed by atoms with Crippen LogP contribution < -0.4 is 0 Å². The minimum absolute atomic E-state index is 0.175. The maximum Gasteiger partial charge on any atom is 0.375 e. The smallest absolute Gasteiger partial charge is 0.375 e. The molecule has 0 bridgehead atoms. The van der Waals surface area contributed by atoms with Gasteiger partial charge in [-0.15, -0.1) is 0 Å². The number of thioether (sulfide) groups is 1. The van der Waals surface area contributed by atoms with Crippen molar-refractivity contribution in [3.05, 3.63) is 71.5 Å². The number of carbonyl (C=O) groups excluding carboxylic acids is 2. The molecule has 0 N–H and O–H groups in total. The number of rotatable bonds is 8. The summed E-state index contributed by atoms with van der Waals surface area (Å²) in [5.41, 5.74) is 2.48. The summed E-state index contributed by atoms with van der Waals surface area (Å²) in [6.07, 6.45) is 1.96. The summed E-state index contributed by atoms with van der Waals surface area (Å²) in [6, 6.07) is 17.2. The molecule has 0 saturated heterocycles. The Kier molecular flexibility index (Phi) is 6.76. The molecule has 5 nitrogen and oxygen atoms in total. The minimum atomic E-state index is -0.607. The van der Waals surface area contributed by atoms with Crippen molar-refractivity contribution in [3.63, 3.8) is 0 Å². The summed E-state index contributed by atoms with van der Waals surface area (Å²) in [6.45, 7) is 2.61. The van der Waals surface area contributed by atoms with Crippen LogP contribution >= 0.6 is 11.8 Å². The average Bonchev–Trinajstić information content (AvgIpc) is 3.10. The molecule has 0 spiro atoms. The first kappa shape index (κ1) is 20.0. The third-order valence-corrected chi connectivity index (χ3v) is 5.03. The number of likely N-dealkylation sites (N-methyl/N-ethyl adjacent to an activating group) is 1. The Morgan fingerprint density at radius 3 is 2.50 bits per heavy atom. The molecule has 146 valence electrons. The van der Waals surface area contributed by atoms with Crippen molar-refractivity contribution < 1.29 is 18.7 Å². The van der Waals surface area contributed by atoms with Gasteiger partial charge in [0.15, 0.2) is 6.61 Å². The Hall–Kier alpha value is -2.73. The number of hydrogen-bond donors (Lipinski definition) is 0. The Morgan fingerprint density at radius 1 is 1.07 bits per heavy atom. The quantitative estimate of drug-likeness (QED) is 0.524. The van der Waals surface area contributed by atoms with Crippen molar-refractivity contribution in [3.8, 4) is 0 Å². The lowest BCUT2D eigenvalue weighted by Gasteiger charge is -2.20. The van der Waals surface area contributed by atoms with Gasteiger partial charge in [-0.3, -0.25) is 4.79 Å². The molecule has 3 rings (SSSR count). The molecule has 0 fully saturated rings. The molecule has 0 aliphatic carbocycles. The van der Waals surface area contributed by atoms with E-state index in [9.17, 15) is 9.59 Å². The van der Waals surface area contributed by atoms with Crippen LogP contribution in [0.2, 0.25) is 0 Å². The van der Waals surface area contributed by atoms with Gasteiger partial charge < -0.3 is 14.1 Å². The van der Waals surface area contributed by atoms with Crippen LogP contribution in [0.1, 0.15) is 28.6 Å². The Balaban J connectivity index is 1.68. The lowest BCUT2D eigenvalue weighted by atomic mass is 10.1. The number of carbonyl (C=O) groups is 2. The topological polar surface area (TPSA) is 59.8 Å². The lowest BCUT2D eigenvalue weighted by Crippen LogP contribution is -2.34. The molecule has 0 unspecified atom stereocenters. The first-order chi connectivity index (χ1) is 13.6. The fourth-order valence-corrected chi connectivity index (χ4v) is 3.59. The van der Waals surface area contributed by atoms with Crippen LogP contribution in [0.5, 0.6) is 0 Å². The molecular formula is C22H23NO4S. The summed E-state index contributed by atoms with van der Waals surface area (Å²) in [4.78, 5) is 26.8. The van der Waals surface area contributed by atoms with Crippen molar-refractivity contribution in [2.45, 2.75) is 19.2 Å². The largest absolute Gasteiger partial charge is 0.450 e. The van der Waals surface area contributed by atoms with Gasteiger partial charge in [0.1, 0.15) is 5.58 Å². The van der Waals surface area contributed by atoms with Gasteiger partial charge in [-0.05, 0) is 24.8 Å². The third-order valence-electron chi connectivity index (χ3n) is 4.45. The molecule has 0 aliphatic rings. The summed E-state index contributed by atoms with van der Waals surface area (Å²) in [7, 11) is 0. The van der Waals surface area contributed by atoms with Gasteiger partial charge in [-0.2, -0.15) is 11.8 Å². The molecule has 0 atom stereocenters. The number of fused-ring (bicyclic) bond motifs is 1. The zero-order valence-electron chi connectivity index (χ0n) is 16.0. The van der Waals surface area contributed by atoms with Crippen molar-refractivity contribution >= 4 is 34.6 Å². The van der Waals surface area contributed by atoms with E-state index in [-0.39, 0.29) is 18.3 Å². The fraction of sp³-hybridized carbons (Fsp3) is 0.273. The molecule has 0 radical (unpaired) electrons. The molecule has 3 aromatic rings. The maximum absolute atomic E-state index is 12.6. The fourth-order valence-electron chi connectivity index (χ4n) is 3.02. The maximum atomic E-state index is 12.6. The highest BCUT2D eigenvalue weighted by atomic mass is 32.2. The van der Waals surface area contributed by atoms with E-state index < -0.39 is 5.97 Å². The minimum Gasteiger partial charge on any atom is -0.450 e. The summed E-state index contributed by atoms with van der Waals surface area (Å²) >= 11 is 1.60. The van der Waals surface area contributed by atoms with Crippen LogP contribution in [0.4, 0.5) is 0 Å². The molecule has 6 heteroatoms. The van der Waals surface area contributed by atoms with E-state index in [4.69, 9.17) is 9.15 Å². The second-order valence-corrected chi connectivity index (χ2v) is 7.17. The van der Waals surface area contributed by atoms with Crippen LogP contribution in [0, 0.1) is 0 Å². The number of para-hydroxylation sites is 1. The zero-order valence-corrected chi connectivity index (χ0v) is 16.8. The van der Waals surface area contributed by atoms with Gasteiger partial charge in [0.05, 0.1) is 0 Å². The third kappa shape index (κ3) is 4.57. The van der Waals surface area contributed by atoms with Crippen molar-refractivity contribution in [2.75, 3.05) is 19.4 Å². The highest BCUT2D eigenvalue weighted by Gasteiger charge is 2.23. The Bertz CT molecular complexity index is 952. The predicted molar refractivity (Wildman–Crippen MR) is 111 cm³/mol. The molecule has 2 aromatic carbocycles. The second kappa shape index (κ2) is 9.46. The van der Waals surface area contributed by atoms with Crippen LogP contribution in [-0.4, -0.2) is 36.2 Å². The van der Waals surface area contributed by atoms with Crippen molar-refractivity contribution in [1.82, 2.24) is 4.90 Å². The van der Waals surface area contributed by atoms with Gasteiger partial charge in [-0.1, -0.05) is 48.5 Å². The van der Waals surface area contributed by atoms with E-state index in [1.54, 1.807) is 16.7 Å². The van der Waals surface area contributed by atoms with Crippen LogP contribution in [-0.2, 0) is 21.8 Å². The molecule has 28 heavy (non-hydrogen) atoms. The highest BCUT2D eigenvalue weighted by Crippen LogP contribution is 2.29. The molecule has 1 heterocycles. The number of hydrogen-bond acceptors (Lipinski definition) is 5. The molecular weight excluding hydrogens is 374 g/mol. The number of amides is 1. The molecule has 0 saturated carbocycles. The van der Waals surface area contributed by atoms with Crippen LogP contribution in [0.15, 0.2) is 59.0 Å². The second-order valence-electron chi connectivity index (χ2n) is 6.31. The molecule has 1 amide bonds. The number of furan rings is 1. The number of nitrogens with zero attached hydrogens (tertiary/aromatic N) is 1. The highest BCUT2D eigenvalue weighted by molar-refractivity contribution is 7.97. The summed E-state index contributed by atoms with van der Waals surface area (Å²) in [5.74, 6) is -0.0362. The van der Waals surface area contributed by atoms with Gasteiger partial charge in [0, 0.05) is 29.8 Å². The first-order valence-corrected chi connectivity index (χ1v) is 10.5. The SMILES string of the molecule is CCN(Cc1ccccc1)C(=O)COC(=O)c1oc2ccccc2c1CSC. The Morgan fingerprint density at radius 2 is 1.79 bits per heavy atom. The van der Waals surface area contributed by atoms with Gasteiger partial charge in [0.2, 0.25) is 5.76 Å². The number of ether oxygens (including phenoxy) is 1. The van der Waals surface area contributed by atoms with Crippen molar-refractivity contribution in [2.24, 2.45) is 0 Å². The standard InChI is InChI=1S/C22H23NO4S/c1-3-23(13-16-9-5-4-6-10-16)20(24)14-26-22(25)21-18(15-28-2)17-11-7-8-12-19(17)27-21/h4-12H,3,13-15H2,1-2H3. The van der Waals surface area contributed by atoms with E-state index in [2.05, 4.69) is 0 Å². The predicted octanol–water partition coefficient (Wildman–Crippen LogP) is 4.50. The number of esters is 1. The van der Waals surface area contributed by atoms with E-state index in [1.165, 1.54) is 0 Å². The van der Waals surface area contributed by atoms with E-state index >= 15 is 0 Å². The van der Waals surface area contributed by atoms with Gasteiger partial charge in [0.25, 0.3) is 5.91 Å². The van der Waals surface area contributed by atoms with E-state index in [0.717, 1.165) is 16.5 Å². The normalized spacial score (nSPS) is 10.8. The van der Waals surface area contributed by atoms with Crippen LogP contribution in [0.3, 0.4) is 0 Å². The Labute approximate surface area is 168 Å². The van der Waals surface area contributed by atoms with Gasteiger partial charge >= 0.3 is 5.97 Å². The monoisotopic (exact) mass is 397 g/mol. The van der Waals surface area contributed by atoms with E-state index in [1.807, 2.05) is 67.8 Å². The molecule has 0 aliphatic heterocycles. The van der Waals surface area contributed by atoms with Crippen LogP contribution in [0.25, 0.3) is 11.0 Å². The number of benzene rings is 2. The van der Waals surface area contributed by atoms with E-state index in [0.29, 0.717) is 24.4 Å². The summed E-state index contributed by atoms with van der Waals surface area (Å²) in [5, 5.41) is 0.898. The average molecular weight is 397 g/mol. The van der Waals surface area contributed by atoms with Gasteiger partial charge in [-0.25, -0.2) is 4.79 Å². The zero-order chi connectivity index (χ0) is 19.9. The summed E-state index contributed by atoms with van der Waals surface area (Å²) < 4.78 is 11.0.